The molecule has 1 aliphatic heterocycles. The molecule has 1 saturated heterocycles. The summed E-state index contributed by atoms with van der Waals surface area (Å²) in [5, 5.41) is 2.77. The minimum Gasteiger partial charge on any atom is -0.385 e. The minimum atomic E-state index is -0.283. The number of rotatable bonds is 9. The lowest BCUT2D eigenvalue weighted by atomic mass is 9.68. The third-order valence-electron chi connectivity index (χ3n) is 7.65. The predicted molar refractivity (Wildman–Crippen MR) is 134 cm³/mol. The second-order valence-corrected chi connectivity index (χ2v) is 9.80. The molecule has 0 bridgehead atoms. The van der Waals surface area contributed by atoms with Crippen LogP contribution in [-0.4, -0.2) is 89.6 Å². The fraction of sp³-hybridized carbons (Fsp3) is 0.538. The number of carbonyl (C=O) groups excluding carboxylic acids is 2. The van der Waals surface area contributed by atoms with Crippen molar-refractivity contribution < 1.29 is 14.3 Å². The Kier molecular flexibility index (Phi) is 7.66. The van der Waals surface area contributed by atoms with Gasteiger partial charge in [0, 0.05) is 38.5 Å². The number of aromatic nitrogens is 2. The van der Waals surface area contributed by atoms with Crippen LogP contribution in [0.4, 0.5) is 10.6 Å². The molecule has 1 N–H and O–H groups in total. The third kappa shape index (κ3) is 5.16. The number of nitrogens with zero attached hydrogens (tertiary/aromatic N) is 5. The Morgan fingerprint density at radius 3 is 2.51 bits per heavy atom. The Morgan fingerprint density at radius 2 is 1.89 bits per heavy atom. The van der Waals surface area contributed by atoms with Crippen LogP contribution in [0.2, 0.25) is 0 Å². The van der Waals surface area contributed by atoms with E-state index in [1.165, 1.54) is 11.9 Å². The van der Waals surface area contributed by atoms with E-state index in [1.54, 1.807) is 24.3 Å². The molecule has 1 aliphatic carbocycles. The van der Waals surface area contributed by atoms with Crippen LogP contribution in [0.5, 0.6) is 0 Å². The Balaban J connectivity index is 1.52. The summed E-state index contributed by atoms with van der Waals surface area (Å²) in [6, 6.07) is 12.2. The van der Waals surface area contributed by atoms with Gasteiger partial charge in [0.25, 0.3) is 0 Å². The molecule has 2 aliphatic rings. The topological polar surface area (TPSA) is 90.9 Å². The van der Waals surface area contributed by atoms with E-state index < -0.39 is 0 Å². The molecule has 0 atom stereocenters. The highest BCUT2D eigenvalue weighted by atomic mass is 16.5. The van der Waals surface area contributed by atoms with Gasteiger partial charge in [0.15, 0.2) is 0 Å². The molecule has 188 valence electrons. The molecule has 1 saturated carbocycles. The van der Waals surface area contributed by atoms with E-state index in [1.807, 2.05) is 4.90 Å². The molecule has 0 unspecified atom stereocenters. The van der Waals surface area contributed by atoms with E-state index in [4.69, 9.17) is 4.74 Å². The summed E-state index contributed by atoms with van der Waals surface area (Å²) in [5.74, 6) is 0.174. The third-order valence-corrected chi connectivity index (χ3v) is 7.65. The Bertz CT molecular complexity index is 993. The molecule has 9 heteroatoms. The normalized spacial score (nSPS) is 24.4. The second-order valence-electron chi connectivity index (χ2n) is 9.80. The van der Waals surface area contributed by atoms with Gasteiger partial charge in [0.05, 0.1) is 5.54 Å². The minimum absolute atomic E-state index is 0.00285. The molecule has 3 amide bonds. The van der Waals surface area contributed by atoms with Crippen LogP contribution >= 0.6 is 0 Å². The van der Waals surface area contributed by atoms with Crippen molar-refractivity contribution in [2.75, 3.05) is 52.8 Å². The maximum absolute atomic E-state index is 13.5. The summed E-state index contributed by atoms with van der Waals surface area (Å²) >= 11 is 0. The van der Waals surface area contributed by atoms with E-state index in [-0.39, 0.29) is 29.6 Å². The van der Waals surface area contributed by atoms with Crippen LogP contribution in [0, 0.1) is 0 Å². The maximum atomic E-state index is 13.5. The molecule has 2 fully saturated rings. The van der Waals surface area contributed by atoms with Gasteiger partial charge in [-0.25, -0.2) is 14.8 Å². The van der Waals surface area contributed by atoms with Crippen LogP contribution in [0.3, 0.4) is 0 Å². The SMILES string of the molecule is COCCCN1C(=O)N(CC(=O)Nc2ccncn2)C[C@]12CC[C@](c1ccccc1)(N(C)C)CC2. The molecule has 1 spiro atoms. The highest BCUT2D eigenvalue weighted by molar-refractivity contribution is 5.94. The number of anilines is 1. The fourth-order valence-corrected chi connectivity index (χ4v) is 5.73. The number of hydrogen-bond donors (Lipinski definition) is 1. The van der Waals surface area contributed by atoms with Gasteiger partial charge in [-0.05, 0) is 57.8 Å². The largest absolute Gasteiger partial charge is 0.385 e. The zero-order valence-electron chi connectivity index (χ0n) is 20.9. The van der Waals surface area contributed by atoms with Crippen molar-refractivity contribution in [2.45, 2.75) is 43.2 Å². The summed E-state index contributed by atoms with van der Waals surface area (Å²) in [6.07, 6.45) is 7.36. The van der Waals surface area contributed by atoms with Crippen molar-refractivity contribution in [1.82, 2.24) is 24.7 Å². The number of urea groups is 1. The number of hydrogen-bond acceptors (Lipinski definition) is 6. The van der Waals surface area contributed by atoms with Gasteiger partial charge in [-0.3, -0.25) is 9.69 Å². The molecule has 35 heavy (non-hydrogen) atoms. The first-order valence-corrected chi connectivity index (χ1v) is 12.2. The van der Waals surface area contributed by atoms with Crippen LogP contribution in [0.25, 0.3) is 0 Å². The first-order chi connectivity index (χ1) is 16.9. The highest BCUT2D eigenvalue weighted by Crippen LogP contribution is 2.48. The standard InChI is InChI=1S/C26H36N6O3/c1-30(2)26(21-8-5-4-6-9-21)13-11-25(12-14-26)19-31(24(34)32(25)16-7-17-35-3)18-23(33)29-22-10-15-27-20-28-22/h4-6,8-10,15,20H,7,11-14,16-19H2,1-3H3,(H,27,28,29,33)/t25-,26+. The first kappa shape index (κ1) is 25.1. The predicted octanol–water partition coefficient (Wildman–Crippen LogP) is 2.96. The summed E-state index contributed by atoms with van der Waals surface area (Å²) in [4.78, 5) is 40.2. The molecule has 4 rings (SSSR count). The second kappa shape index (κ2) is 10.7. The van der Waals surface area contributed by atoms with Gasteiger partial charge in [0.2, 0.25) is 5.91 Å². The van der Waals surface area contributed by atoms with E-state index in [0.717, 1.165) is 32.1 Å². The van der Waals surface area contributed by atoms with Gasteiger partial charge in [-0.2, -0.15) is 0 Å². The molecule has 1 aromatic carbocycles. The van der Waals surface area contributed by atoms with Crippen molar-refractivity contribution in [3.05, 3.63) is 54.5 Å². The van der Waals surface area contributed by atoms with Crippen molar-refractivity contribution in [1.29, 1.82) is 0 Å². The van der Waals surface area contributed by atoms with Crippen LogP contribution in [-0.2, 0) is 15.1 Å². The highest BCUT2D eigenvalue weighted by Gasteiger charge is 2.54. The Hall–Kier alpha value is -3.04. The summed E-state index contributed by atoms with van der Waals surface area (Å²) in [5.41, 5.74) is 0.969. The van der Waals surface area contributed by atoms with E-state index in [9.17, 15) is 9.59 Å². The number of benzene rings is 1. The number of ether oxygens (including phenoxy) is 1. The van der Waals surface area contributed by atoms with Crippen molar-refractivity contribution in [3.63, 3.8) is 0 Å². The van der Waals surface area contributed by atoms with Crippen molar-refractivity contribution in [3.8, 4) is 0 Å². The number of carbonyl (C=O) groups is 2. The number of methoxy groups -OCH3 is 1. The zero-order valence-corrected chi connectivity index (χ0v) is 20.9. The van der Waals surface area contributed by atoms with E-state index in [2.05, 4.69) is 64.6 Å². The quantitative estimate of drug-likeness (QED) is 0.555. The summed E-state index contributed by atoms with van der Waals surface area (Å²) < 4.78 is 5.26. The van der Waals surface area contributed by atoms with Crippen LogP contribution in [0.1, 0.15) is 37.7 Å². The van der Waals surface area contributed by atoms with Gasteiger partial charge in [-0.1, -0.05) is 30.3 Å². The van der Waals surface area contributed by atoms with Crippen LogP contribution in [0.15, 0.2) is 48.9 Å². The fourth-order valence-electron chi connectivity index (χ4n) is 5.73. The van der Waals surface area contributed by atoms with Crippen molar-refractivity contribution in [2.24, 2.45) is 0 Å². The molecular formula is C26H36N6O3. The lowest BCUT2D eigenvalue weighted by Gasteiger charge is -2.51. The average molecular weight is 481 g/mol. The monoisotopic (exact) mass is 480 g/mol. The molecule has 2 heterocycles. The lowest BCUT2D eigenvalue weighted by Crippen LogP contribution is -2.55. The Labute approximate surface area is 207 Å². The zero-order chi connectivity index (χ0) is 24.9. The van der Waals surface area contributed by atoms with E-state index in [0.29, 0.717) is 25.5 Å². The molecular weight excluding hydrogens is 444 g/mol. The summed E-state index contributed by atoms with van der Waals surface area (Å²) in [7, 11) is 5.97. The lowest BCUT2D eigenvalue weighted by molar-refractivity contribution is -0.116. The molecule has 1 aromatic heterocycles. The molecule has 0 radical (unpaired) electrons. The number of amides is 3. The molecule has 2 aromatic rings. The maximum Gasteiger partial charge on any atom is 0.321 e. The smallest absolute Gasteiger partial charge is 0.321 e. The van der Waals surface area contributed by atoms with Crippen molar-refractivity contribution >= 4 is 17.8 Å². The van der Waals surface area contributed by atoms with Gasteiger partial charge in [0.1, 0.15) is 18.7 Å². The number of nitrogens with one attached hydrogen (secondary N) is 1. The van der Waals surface area contributed by atoms with Gasteiger partial charge in [-0.15, -0.1) is 0 Å². The Morgan fingerprint density at radius 1 is 1.14 bits per heavy atom. The molecule has 9 nitrogen and oxygen atoms in total. The first-order valence-electron chi connectivity index (χ1n) is 12.2. The summed E-state index contributed by atoms with van der Waals surface area (Å²) in [6.45, 7) is 1.77. The van der Waals surface area contributed by atoms with Gasteiger partial charge < -0.3 is 19.9 Å². The van der Waals surface area contributed by atoms with Crippen LogP contribution < -0.4 is 5.32 Å². The van der Waals surface area contributed by atoms with Gasteiger partial charge >= 0.3 is 6.03 Å². The average Bonchev–Trinajstić information content (AvgIpc) is 3.11. The van der Waals surface area contributed by atoms with E-state index >= 15 is 0 Å².